The number of aromatic nitrogens is 5. The van der Waals surface area contributed by atoms with Gasteiger partial charge in [-0.05, 0) is 12.0 Å². The van der Waals surface area contributed by atoms with Crippen molar-refractivity contribution in [2.24, 2.45) is 7.05 Å². The summed E-state index contributed by atoms with van der Waals surface area (Å²) in [5, 5.41) is 13.5. The molecule has 0 bridgehead atoms. The lowest BCUT2D eigenvalue weighted by atomic mass is 9.92. The zero-order valence-corrected chi connectivity index (χ0v) is 19.8. The lowest BCUT2D eigenvalue weighted by Crippen LogP contribution is -2.35. The molecule has 9 nitrogen and oxygen atoms in total. The summed E-state index contributed by atoms with van der Waals surface area (Å²) in [6.07, 6.45) is 7.21. The molecule has 0 atom stereocenters. The second-order valence-electron chi connectivity index (χ2n) is 9.23. The first-order chi connectivity index (χ1) is 15.7. The van der Waals surface area contributed by atoms with Gasteiger partial charge in [-0.1, -0.05) is 20.8 Å². The number of amides is 2. The number of hydrogen-bond acceptors (Lipinski definition) is 6. The number of thiophene rings is 1. The van der Waals surface area contributed by atoms with Crippen molar-refractivity contribution in [3.63, 3.8) is 0 Å². The highest BCUT2D eigenvalue weighted by Gasteiger charge is 2.29. The fraction of sp³-hybridized carbons (Fsp3) is 0.348. The van der Waals surface area contributed by atoms with Gasteiger partial charge in [0, 0.05) is 53.4 Å². The van der Waals surface area contributed by atoms with Crippen molar-refractivity contribution in [1.29, 1.82) is 0 Å². The van der Waals surface area contributed by atoms with E-state index in [1.165, 1.54) is 11.3 Å². The van der Waals surface area contributed by atoms with Gasteiger partial charge in [-0.3, -0.25) is 19.3 Å². The summed E-state index contributed by atoms with van der Waals surface area (Å²) in [6.45, 7) is 7.35. The molecule has 0 aliphatic carbocycles. The Labute approximate surface area is 195 Å². The van der Waals surface area contributed by atoms with Gasteiger partial charge in [0.05, 0.1) is 35.6 Å². The first kappa shape index (κ1) is 21.3. The Hall–Kier alpha value is -3.53. The topological polar surface area (TPSA) is 97.4 Å². The molecule has 5 rings (SSSR count). The predicted molar refractivity (Wildman–Crippen MR) is 126 cm³/mol. The van der Waals surface area contributed by atoms with E-state index in [4.69, 9.17) is 0 Å². The van der Waals surface area contributed by atoms with Crippen LogP contribution in [0.4, 0.5) is 5.82 Å². The van der Waals surface area contributed by atoms with Gasteiger partial charge in [0.15, 0.2) is 5.82 Å². The van der Waals surface area contributed by atoms with Gasteiger partial charge in [-0.2, -0.15) is 10.2 Å². The van der Waals surface area contributed by atoms with Crippen LogP contribution in [-0.2, 0) is 25.4 Å². The summed E-state index contributed by atoms with van der Waals surface area (Å²) < 4.78 is 3.45. The Balaban J connectivity index is 1.33. The van der Waals surface area contributed by atoms with Gasteiger partial charge in [0.1, 0.15) is 0 Å². The molecule has 4 aromatic rings. The van der Waals surface area contributed by atoms with Crippen LogP contribution in [0, 0.1) is 0 Å². The molecule has 170 valence electrons. The van der Waals surface area contributed by atoms with E-state index in [0.29, 0.717) is 42.0 Å². The van der Waals surface area contributed by atoms with E-state index < -0.39 is 0 Å². The van der Waals surface area contributed by atoms with Gasteiger partial charge < -0.3 is 10.2 Å². The summed E-state index contributed by atoms with van der Waals surface area (Å²) in [7, 11) is 1.88. The number of carbonyl (C=O) groups excluding carboxylic acids is 2. The van der Waals surface area contributed by atoms with Crippen LogP contribution in [0.15, 0.2) is 36.2 Å². The average molecular weight is 464 g/mol. The Morgan fingerprint density at radius 2 is 2.00 bits per heavy atom. The van der Waals surface area contributed by atoms with E-state index in [1.54, 1.807) is 38.9 Å². The quantitative estimate of drug-likeness (QED) is 0.503. The molecule has 1 aliphatic rings. The molecule has 0 unspecified atom stereocenters. The SMILES string of the molecule is Cn1nc(NC(=O)c2csc3c2CCN(C(=O)c2cnn4ccncc24)C3)cc1C(C)(C)C. The van der Waals surface area contributed by atoms with Crippen molar-refractivity contribution in [1.82, 2.24) is 29.3 Å². The zero-order valence-electron chi connectivity index (χ0n) is 19.0. The summed E-state index contributed by atoms with van der Waals surface area (Å²) >= 11 is 1.51. The van der Waals surface area contributed by atoms with Crippen molar-refractivity contribution >= 4 is 34.5 Å². The molecule has 1 aliphatic heterocycles. The molecule has 1 N–H and O–H groups in total. The van der Waals surface area contributed by atoms with Gasteiger partial charge in [0.25, 0.3) is 11.8 Å². The van der Waals surface area contributed by atoms with Crippen molar-refractivity contribution < 1.29 is 9.59 Å². The van der Waals surface area contributed by atoms with Crippen LogP contribution < -0.4 is 5.32 Å². The number of rotatable bonds is 3. The maximum Gasteiger partial charge on any atom is 0.258 e. The minimum absolute atomic E-state index is 0.0700. The second-order valence-corrected chi connectivity index (χ2v) is 10.2. The van der Waals surface area contributed by atoms with Crippen molar-refractivity contribution in [2.75, 3.05) is 11.9 Å². The number of aryl methyl sites for hydroxylation is 1. The zero-order chi connectivity index (χ0) is 23.3. The van der Waals surface area contributed by atoms with E-state index in [1.807, 2.05) is 18.5 Å². The number of hydrogen-bond donors (Lipinski definition) is 1. The third-order valence-corrected chi connectivity index (χ3v) is 6.94. The molecule has 33 heavy (non-hydrogen) atoms. The molecule has 0 saturated heterocycles. The average Bonchev–Trinajstić information content (AvgIpc) is 3.48. The third-order valence-electron chi connectivity index (χ3n) is 5.92. The van der Waals surface area contributed by atoms with Crippen molar-refractivity contribution in [3.8, 4) is 0 Å². The Bertz CT molecular complexity index is 1380. The minimum atomic E-state index is -0.167. The summed E-state index contributed by atoms with van der Waals surface area (Å²) in [4.78, 5) is 33.1. The molecule has 0 fully saturated rings. The van der Waals surface area contributed by atoms with E-state index in [-0.39, 0.29) is 17.2 Å². The third kappa shape index (κ3) is 3.80. The van der Waals surface area contributed by atoms with Crippen LogP contribution >= 0.6 is 11.3 Å². The molecule has 0 radical (unpaired) electrons. The number of fused-ring (bicyclic) bond motifs is 2. The number of anilines is 1. The van der Waals surface area contributed by atoms with Gasteiger partial charge in [0.2, 0.25) is 0 Å². The second kappa shape index (κ2) is 7.80. The van der Waals surface area contributed by atoms with E-state index in [2.05, 4.69) is 41.3 Å². The number of carbonyl (C=O) groups is 2. The lowest BCUT2D eigenvalue weighted by molar-refractivity contribution is 0.0739. The molecule has 0 aromatic carbocycles. The molecule has 5 heterocycles. The fourth-order valence-corrected chi connectivity index (χ4v) is 5.37. The van der Waals surface area contributed by atoms with Gasteiger partial charge >= 0.3 is 0 Å². The normalized spacial score (nSPS) is 13.9. The van der Waals surface area contributed by atoms with Crippen molar-refractivity contribution in [3.05, 3.63) is 63.5 Å². The number of nitrogens with zero attached hydrogens (tertiary/aromatic N) is 6. The van der Waals surface area contributed by atoms with E-state index in [0.717, 1.165) is 16.1 Å². The van der Waals surface area contributed by atoms with Crippen LogP contribution in [0.5, 0.6) is 0 Å². The molecular weight excluding hydrogens is 438 g/mol. The molecule has 0 saturated carbocycles. The van der Waals surface area contributed by atoms with E-state index in [9.17, 15) is 9.59 Å². The van der Waals surface area contributed by atoms with Gasteiger partial charge in [-0.15, -0.1) is 11.3 Å². The fourth-order valence-electron chi connectivity index (χ4n) is 4.28. The summed E-state index contributed by atoms with van der Waals surface area (Å²) in [6, 6.07) is 1.92. The first-order valence-electron chi connectivity index (χ1n) is 10.7. The van der Waals surface area contributed by atoms with Crippen LogP contribution in [0.1, 0.15) is 57.6 Å². The monoisotopic (exact) mass is 463 g/mol. The maximum atomic E-state index is 13.1. The molecular formula is C23H25N7O2S. The highest BCUT2D eigenvalue weighted by molar-refractivity contribution is 7.10. The van der Waals surface area contributed by atoms with Crippen LogP contribution in [-0.4, -0.2) is 47.6 Å². The smallest absolute Gasteiger partial charge is 0.258 e. The largest absolute Gasteiger partial charge is 0.333 e. The van der Waals surface area contributed by atoms with Crippen LogP contribution in [0.2, 0.25) is 0 Å². The molecule has 0 spiro atoms. The summed E-state index contributed by atoms with van der Waals surface area (Å²) in [5.41, 5.74) is 3.86. The highest BCUT2D eigenvalue weighted by Crippen LogP contribution is 2.31. The van der Waals surface area contributed by atoms with Crippen LogP contribution in [0.3, 0.4) is 0 Å². The minimum Gasteiger partial charge on any atom is -0.333 e. The highest BCUT2D eigenvalue weighted by atomic mass is 32.1. The maximum absolute atomic E-state index is 13.1. The molecule has 10 heteroatoms. The lowest BCUT2D eigenvalue weighted by Gasteiger charge is -2.27. The van der Waals surface area contributed by atoms with Crippen LogP contribution in [0.25, 0.3) is 5.52 Å². The molecule has 2 amide bonds. The predicted octanol–water partition coefficient (Wildman–Crippen LogP) is 3.27. The number of nitrogens with one attached hydrogen (secondary N) is 1. The Morgan fingerprint density at radius 1 is 1.18 bits per heavy atom. The van der Waals surface area contributed by atoms with Crippen molar-refractivity contribution in [2.45, 2.75) is 39.2 Å². The first-order valence-corrected chi connectivity index (χ1v) is 11.6. The summed E-state index contributed by atoms with van der Waals surface area (Å²) in [5.74, 6) is 0.299. The molecule has 4 aromatic heterocycles. The van der Waals surface area contributed by atoms with E-state index >= 15 is 0 Å². The Morgan fingerprint density at radius 3 is 2.76 bits per heavy atom. The Kier molecular flexibility index (Phi) is 5.04. The van der Waals surface area contributed by atoms with Gasteiger partial charge in [-0.25, -0.2) is 4.52 Å². The standard InChI is InChI=1S/C23H25N7O2S/c1-23(2,3)19-9-20(27-28(19)4)26-21(31)16-13-33-18-12-29(7-5-14(16)18)22(32)15-10-25-30-8-6-24-11-17(15)30/h6,8-11,13H,5,7,12H2,1-4H3,(H,26,27,31).